The molecule has 5 atom stereocenters. The fraction of sp³-hybridized carbons (Fsp3) is 0.833. The predicted molar refractivity (Wildman–Crippen MR) is 107 cm³/mol. The van der Waals surface area contributed by atoms with E-state index in [2.05, 4.69) is 13.5 Å². The van der Waals surface area contributed by atoms with Gasteiger partial charge in [0, 0.05) is 24.7 Å². The van der Waals surface area contributed by atoms with Crippen LogP contribution in [-0.4, -0.2) is 44.1 Å². The molecule has 5 heteroatoms. The van der Waals surface area contributed by atoms with Crippen molar-refractivity contribution in [2.75, 3.05) is 26.4 Å². The van der Waals surface area contributed by atoms with Gasteiger partial charge in [0.25, 0.3) is 0 Å². The molecular weight excluding hydrogens is 368 g/mol. The summed E-state index contributed by atoms with van der Waals surface area (Å²) in [7, 11) is 0. The van der Waals surface area contributed by atoms with Crippen molar-refractivity contribution in [1.29, 1.82) is 0 Å². The lowest BCUT2D eigenvalue weighted by Crippen LogP contribution is -2.53. The highest BCUT2D eigenvalue weighted by Gasteiger charge is 2.66. The summed E-state index contributed by atoms with van der Waals surface area (Å²) in [5, 5.41) is 0. The minimum absolute atomic E-state index is 0.109. The average molecular weight is 403 g/mol. The largest absolute Gasteiger partial charge is 0.494 e. The summed E-state index contributed by atoms with van der Waals surface area (Å²) in [6.45, 7) is 9.23. The van der Waals surface area contributed by atoms with Crippen LogP contribution in [0.5, 0.6) is 0 Å². The van der Waals surface area contributed by atoms with Gasteiger partial charge in [-0.1, -0.05) is 19.1 Å². The molecule has 0 aromatic carbocycles. The third-order valence-corrected chi connectivity index (χ3v) is 9.28. The molecule has 0 amide bonds. The minimum atomic E-state index is -0.402. The summed E-state index contributed by atoms with van der Waals surface area (Å²) in [5.41, 5.74) is 3.22. The van der Waals surface area contributed by atoms with Gasteiger partial charge in [-0.05, 0) is 55.4 Å². The molecule has 0 aromatic heterocycles. The highest BCUT2D eigenvalue weighted by atomic mass is 16.7. The van der Waals surface area contributed by atoms with E-state index < -0.39 is 5.79 Å². The smallest absolute Gasteiger partial charge is 0.174 e. The van der Waals surface area contributed by atoms with Crippen LogP contribution in [0.3, 0.4) is 0 Å². The van der Waals surface area contributed by atoms with Gasteiger partial charge in [0.05, 0.1) is 32.7 Å². The molecule has 29 heavy (non-hydrogen) atoms. The number of ether oxygens (including phenoxy) is 5. The van der Waals surface area contributed by atoms with Crippen LogP contribution in [0.4, 0.5) is 0 Å². The van der Waals surface area contributed by atoms with Crippen LogP contribution >= 0.6 is 0 Å². The summed E-state index contributed by atoms with van der Waals surface area (Å²) >= 11 is 0. The van der Waals surface area contributed by atoms with Gasteiger partial charge >= 0.3 is 0 Å². The summed E-state index contributed by atoms with van der Waals surface area (Å²) in [6.07, 6.45) is 10.4. The van der Waals surface area contributed by atoms with Crippen molar-refractivity contribution in [2.45, 2.75) is 76.0 Å². The molecule has 5 nitrogen and oxygen atoms in total. The monoisotopic (exact) mass is 402 g/mol. The lowest BCUT2D eigenvalue weighted by atomic mass is 9.53. The zero-order valence-electron chi connectivity index (χ0n) is 17.6. The van der Waals surface area contributed by atoms with Crippen molar-refractivity contribution in [3.63, 3.8) is 0 Å². The lowest BCUT2D eigenvalue weighted by molar-refractivity contribution is -0.239. The van der Waals surface area contributed by atoms with E-state index >= 15 is 0 Å². The molecule has 4 fully saturated rings. The van der Waals surface area contributed by atoms with E-state index in [1.807, 2.05) is 0 Å². The van der Waals surface area contributed by atoms with Gasteiger partial charge in [0.1, 0.15) is 6.10 Å². The van der Waals surface area contributed by atoms with Crippen molar-refractivity contribution in [1.82, 2.24) is 0 Å². The fourth-order valence-corrected chi connectivity index (χ4v) is 8.04. The molecule has 6 aliphatic rings. The molecule has 2 spiro atoms. The SMILES string of the molecule is C=CO[C@@H]1C[C@@H]2[C@H](CC[C@@]3(C)[C@H]2CCC32OCCO2)C2=C1CC1(CC2)OCCO1. The molecule has 2 aliphatic heterocycles. The zero-order valence-corrected chi connectivity index (χ0v) is 17.6. The maximum Gasteiger partial charge on any atom is 0.174 e. The second-order valence-electron chi connectivity index (χ2n) is 10.2. The van der Waals surface area contributed by atoms with E-state index in [4.69, 9.17) is 23.7 Å². The average Bonchev–Trinajstić information content (AvgIpc) is 3.44. The summed E-state index contributed by atoms with van der Waals surface area (Å²) in [5.74, 6) is 1.21. The van der Waals surface area contributed by atoms with Crippen LogP contribution in [0.25, 0.3) is 0 Å². The molecule has 0 N–H and O–H groups in total. The van der Waals surface area contributed by atoms with E-state index in [0.717, 1.165) is 45.3 Å². The van der Waals surface area contributed by atoms with Crippen LogP contribution in [0.2, 0.25) is 0 Å². The van der Waals surface area contributed by atoms with Crippen molar-refractivity contribution in [3.05, 3.63) is 24.0 Å². The lowest BCUT2D eigenvalue weighted by Gasteiger charge is -2.55. The van der Waals surface area contributed by atoms with Crippen LogP contribution < -0.4 is 0 Å². The first kappa shape index (κ1) is 18.9. The number of hydrogen-bond acceptors (Lipinski definition) is 5. The molecule has 2 saturated carbocycles. The predicted octanol–water partition coefficient (Wildman–Crippen LogP) is 4.33. The summed E-state index contributed by atoms with van der Waals surface area (Å²) < 4.78 is 30.8. The van der Waals surface area contributed by atoms with Crippen LogP contribution in [0, 0.1) is 23.2 Å². The molecule has 0 bridgehead atoms. The van der Waals surface area contributed by atoms with Gasteiger partial charge in [-0.3, -0.25) is 0 Å². The van der Waals surface area contributed by atoms with E-state index in [-0.39, 0.29) is 17.3 Å². The Kier molecular flexibility index (Phi) is 4.26. The Morgan fingerprint density at radius 2 is 1.72 bits per heavy atom. The molecule has 2 saturated heterocycles. The molecule has 0 radical (unpaired) electrons. The first-order valence-electron chi connectivity index (χ1n) is 11.6. The minimum Gasteiger partial charge on any atom is -0.494 e. The van der Waals surface area contributed by atoms with Crippen molar-refractivity contribution in [3.8, 4) is 0 Å². The Labute approximate surface area is 173 Å². The molecule has 0 unspecified atom stereocenters. The fourth-order valence-electron chi connectivity index (χ4n) is 8.04. The molecule has 4 aliphatic carbocycles. The molecule has 0 aromatic rings. The molecular formula is C24H34O5. The van der Waals surface area contributed by atoms with Gasteiger partial charge < -0.3 is 23.7 Å². The second kappa shape index (κ2) is 6.56. The summed E-state index contributed by atoms with van der Waals surface area (Å²) in [6, 6.07) is 0. The Balaban J connectivity index is 1.34. The van der Waals surface area contributed by atoms with Gasteiger partial charge in [-0.15, -0.1) is 0 Å². The third kappa shape index (κ3) is 2.54. The van der Waals surface area contributed by atoms with Crippen LogP contribution in [-0.2, 0) is 23.7 Å². The maximum absolute atomic E-state index is 6.28. The van der Waals surface area contributed by atoms with Crippen LogP contribution in [0.15, 0.2) is 24.0 Å². The number of allylic oxidation sites excluding steroid dienone is 1. The van der Waals surface area contributed by atoms with E-state index in [9.17, 15) is 0 Å². The molecule has 160 valence electrons. The second-order valence-corrected chi connectivity index (χ2v) is 10.2. The Morgan fingerprint density at radius 3 is 2.48 bits per heavy atom. The van der Waals surface area contributed by atoms with E-state index in [0.29, 0.717) is 31.0 Å². The van der Waals surface area contributed by atoms with Gasteiger partial charge in [0.15, 0.2) is 11.6 Å². The third-order valence-electron chi connectivity index (χ3n) is 9.28. The highest BCUT2D eigenvalue weighted by Crippen LogP contribution is 2.66. The molecule has 6 rings (SSSR count). The van der Waals surface area contributed by atoms with Crippen molar-refractivity contribution >= 4 is 0 Å². The first-order chi connectivity index (χ1) is 14.1. The van der Waals surface area contributed by atoms with Crippen molar-refractivity contribution < 1.29 is 23.7 Å². The Hall–Kier alpha value is -0.880. The van der Waals surface area contributed by atoms with E-state index in [1.54, 1.807) is 11.8 Å². The number of hydrogen-bond donors (Lipinski definition) is 0. The first-order valence-corrected chi connectivity index (χ1v) is 11.6. The maximum atomic E-state index is 6.28. The Bertz CT molecular complexity index is 717. The highest BCUT2D eigenvalue weighted by molar-refractivity contribution is 5.32. The quantitative estimate of drug-likeness (QED) is 0.508. The topological polar surface area (TPSA) is 46.2 Å². The van der Waals surface area contributed by atoms with Crippen LogP contribution in [0.1, 0.15) is 58.3 Å². The van der Waals surface area contributed by atoms with E-state index in [1.165, 1.54) is 24.8 Å². The summed E-state index contributed by atoms with van der Waals surface area (Å²) in [4.78, 5) is 0. The van der Waals surface area contributed by atoms with Gasteiger partial charge in [-0.2, -0.15) is 0 Å². The number of fused-ring (bicyclic) bond motifs is 5. The number of rotatable bonds is 2. The van der Waals surface area contributed by atoms with Gasteiger partial charge in [-0.25, -0.2) is 0 Å². The molecule has 2 heterocycles. The zero-order chi connectivity index (χ0) is 19.7. The normalized spacial score (nSPS) is 44.6. The van der Waals surface area contributed by atoms with Crippen molar-refractivity contribution in [2.24, 2.45) is 23.2 Å². The van der Waals surface area contributed by atoms with Gasteiger partial charge in [0.2, 0.25) is 0 Å². The Morgan fingerprint density at radius 1 is 0.966 bits per heavy atom. The standard InChI is InChI=1S/C24H34O5/c1-3-25-21-14-18-16(17-5-8-23(15-19(17)21)26-10-11-27-23)4-7-22(2)20(18)6-9-24(22)28-12-13-29-24/h3,16,18,20-21H,1,4-15H2,2H3/t16-,18-,20+,21-,22+/m1/s1.